The Kier molecular flexibility index (Phi) is 11.4. The van der Waals surface area contributed by atoms with Crippen molar-refractivity contribution < 1.29 is 22.7 Å². The van der Waals surface area contributed by atoms with Gasteiger partial charge in [-0.1, -0.05) is 60.7 Å². The van der Waals surface area contributed by atoms with Crippen LogP contribution in [0.15, 0.2) is 60.7 Å². The van der Waals surface area contributed by atoms with Gasteiger partial charge in [-0.15, -0.1) is 0 Å². The fraction of sp³-hybridized carbons (Fsp3) is 0.462. The summed E-state index contributed by atoms with van der Waals surface area (Å²) < 4.78 is 30.5. The number of hydrogen-bond acceptors (Lipinski definition) is 5. The molecule has 0 aliphatic carbocycles. The highest BCUT2D eigenvalue weighted by atomic mass is 32.2. The molecule has 2 aromatic carbocycles. The molecule has 0 aliphatic rings. The number of rotatable bonds is 14. The van der Waals surface area contributed by atoms with E-state index in [0.29, 0.717) is 26.0 Å². The van der Waals surface area contributed by atoms with Gasteiger partial charge < -0.3 is 15.0 Å². The van der Waals surface area contributed by atoms with Crippen LogP contribution in [0.3, 0.4) is 0 Å². The van der Waals surface area contributed by atoms with Crippen molar-refractivity contribution in [3.63, 3.8) is 0 Å². The van der Waals surface area contributed by atoms with E-state index in [9.17, 15) is 18.0 Å². The fourth-order valence-electron chi connectivity index (χ4n) is 3.45. The van der Waals surface area contributed by atoms with Crippen LogP contribution in [0.4, 0.5) is 0 Å². The van der Waals surface area contributed by atoms with Crippen LogP contribution in [0.25, 0.3) is 0 Å². The average Bonchev–Trinajstić information content (AvgIpc) is 2.81. The summed E-state index contributed by atoms with van der Waals surface area (Å²) in [6.45, 7) is 4.66. The highest BCUT2D eigenvalue weighted by Crippen LogP contribution is 2.15. The maximum Gasteiger partial charge on any atom is 0.243 e. The fourth-order valence-corrected chi connectivity index (χ4v) is 3.80. The largest absolute Gasteiger partial charge is 0.379 e. The molecule has 0 radical (unpaired) electrons. The second kappa shape index (κ2) is 14.0. The first-order valence-electron chi connectivity index (χ1n) is 11.8. The first-order chi connectivity index (χ1) is 16.6. The van der Waals surface area contributed by atoms with Gasteiger partial charge in [0.1, 0.15) is 6.04 Å². The van der Waals surface area contributed by atoms with Crippen LogP contribution >= 0.6 is 0 Å². The monoisotopic (exact) mass is 503 g/mol. The van der Waals surface area contributed by atoms with E-state index >= 15 is 0 Å². The lowest BCUT2D eigenvalue weighted by atomic mass is 10.0. The predicted octanol–water partition coefficient (Wildman–Crippen LogP) is 2.45. The van der Waals surface area contributed by atoms with Gasteiger partial charge in [0, 0.05) is 33.2 Å². The smallest absolute Gasteiger partial charge is 0.243 e. The van der Waals surface area contributed by atoms with Crippen molar-refractivity contribution in [3.8, 4) is 0 Å². The normalized spacial score (nSPS) is 12.5. The molecule has 8 nitrogen and oxygen atoms in total. The number of amides is 2. The molecule has 2 amide bonds. The Bertz CT molecular complexity index is 1030. The summed E-state index contributed by atoms with van der Waals surface area (Å²) in [7, 11) is -2.21. The number of ether oxygens (including phenoxy) is 1. The SMILES string of the molecule is CC(C)OCCCNC(=O)[C@@H](Cc1ccccc1)N(Cc1ccccc1)C(=O)CN(C)S(C)(=O)=O. The summed E-state index contributed by atoms with van der Waals surface area (Å²) >= 11 is 0. The van der Waals surface area contributed by atoms with Crippen molar-refractivity contribution in [2.75, 3.05) is 33.0 Å². The van der Waals surface area contributed by atoms with Crippen LogP contribution < -0.4 is 5.32 Å². The van der Waals surface area contributed by atoms with Crippen LogP contribution in [0, 0.1) is 0 Å². The summed E-state index contributed by atoms with van der Waals surface area (Å²) in [6.07, 6.45) is 2.11. The van der Waals surface area contributed by atoms with Gasteiger partial charge in [0.2, 0.25) is 21.8 Å². The Labute approximate surface area is 209 Å². The van der Waals surface area contributed by atoms with Crippen LogP contribution in [0.5, 0.6) is 0 Å². The zero-order valence-corrected chi connectivity index (χ0v) is 21.8. The third-order valence-electron chi connectivity index (χ3n) is 5.46. The molecule has 0 unspecified atom stereocenters. The van der Waals surface area contributed by atoms with Gasteiger partial charge in [-0.2, -0.15) is 4.31 Å². The van der Waals surface area contributed by atoms with E-state index in [-0.39, 0.29) is 25.1 Å². The number of nitrogens with zero attached hydrogens (tertiary/aromatic N) is 2. The molecular formula is C26H37N3O5S. The van der Waals surface area contributed by atoms with Gasteiger partial charge in [-0.25, -0.2) is 8.42 Å². The van der Waals surface area contributed by atoms with E-state index in [4.69, 9.17) is 4.74 Å². The second-order valence-corrected chi connectivity index (χ2v) is 10.9. The number of hydrogen-bond donors (Lipinski definition) is 1. The number of likely N-dealkylation sites (N-methyl/N-ethyl adjacent to an activating group) is 1. The number of carbonyl (C=O) groups is 2. The van der Waals surface area contributed by atoms with Gasteiger partial charge in [0.15, 0.2) is 0 Å². The first-order valence-corrected chi connectivity index (χ1v) is 13.6. The van der Waals surface area contributed by atoms with Crippen molar-refractivity contribution >= 4 is 21.8 Å². The van der Waals surface area contributed by atoms with Gasteiger partial charge in [0.05, 0.1) is 18.9 Å². The Balaban J connectivity index is 2.30. The zero-order valence-electron chi connectivity index (χ0n) is 21.0. The van der Waals surface area contributed by atoms with E-state index in [0.717, 1.165) is 21.7 Å². The first kappa shape index (κ1) is 28.5. The van der Waals surface area contributed by atoms with Gasteiger partial charge >= 0.3 is 0 Å². The van der Waals surface area contributed by atoms with Crippen molar-refractivity contribution in [3.05, 3.63) is 71.8 Å². The Morgan fingerprint density at radius 1 is 0.971 bits per heavy atom. The number of nitrogens with one attached hydrogen (secondary N) is 1. The Hall–Kier alpha value is -2.75. The minimum absolute atomic E-state index is 0.113. The lowest BCUT2D eigenvalue weighted by molar-refractivity contribution is -0.141. The van der Waals surface area contributed by atoms with Crippen molar-refractivity contribution in [1.82, 2.24) is 14.5 Å². The number of benzene rings is 2. The standard InChI is InChI=1S/C26H37N3O5S/c1-21(2)34-17-11-16-27-26(31)24(18-22-12-7-5-8-13-22)29(19-23-14-9-6-10-15-23)25(30)20-28(3)35(4,32)33/h5-10,12-15,21,24H,11,16-20H2,1-4H3,(H,27,31)/t24-/m1/s1. The Morgan fingerprint density at radius 2 is 1.54 bits per heavy atom. The molecule has 0 fully saturated rings. The van der Waals surface area contributed by atoms with E-state index < -0.39 is 22.0 Å². The van der Waals surface area contributed by atoms with Crippen LogP contribution in [-0.2, 0) is 37.3 Å². The maximum absolute atomic E-state index is 13.4. The molecule has 2 aromatic rings. The van der Waals surface area contributed by atoms with Crippen molar-refractivity contribution in [2.45, 2.75) is 45.4 Å². The van der Waals surface area contributed by atoms with E-state index in [1.54, 1.807) is 0 Å². The van der Waals surface area contributed by atoms with Gasteiger partial charge in [-0.05, 0) is 31.4 Å². The molecule has 1 N–H and O–H groups in total. The minimum Gasteiger partial charge on any atom is -0.379 e. The zero-order chi connectivity index (χ0) is 25.8. The van der Waals surface area contributed by atoms with E-state index in [1.807, 2.05) is 74.5 Å². The summed E-state index contributed by atoms with van der Waals surface area (Å²) in [5, 5.41) is 2.94. The molecule has 0 spiro atoms. The molecule has 0 heterocycles. The molecule has 0 saturated heterocycles. The highest BCUT2D eigenvalue weighted by molar-refractivity contribution is 7.88. The van der Waals surface area contributed by atoms with E-state index in [2.05, 4.69) is 5.32 Å². The third-order valence-corrected chi connectivity index (χ3v) is 6.72. The second-order valence-electron chi connectivity index (χ2n) is 8.80. The molecule has 0 aliphatic heterocycles. The lowest BCUT2D eigenvalue weighted by Gasteiger charge is -2.32. The molecule has 0 aromatic heterocycles. The summed E-state index contributed by atoms with van der Waals surface area (Å²) in [5.41, 5.74) is 1.75. The van der Waals surface area contributed by atoms with Gasteiger partial charge in [0.25, 0.3) is 0 Å². The van der Waals surface area contributed by atoms with Crippen molar-refractivity contribution in [2.24, 2.45) is 0 Å². The molecule has 0 bridgehead atoms. The quantitative estimate of drug-likeness (QED) is 0.400. The van der Waals surface area contributed by atoms with Crippen LogP contribution in [0.2, 0.25) is 0 Å². The summed E-state index contributed by atoms with van der Waals surface area (Å²) in [5.74, 6) is -0.731. The Morgan fingerprint density at radius 3 is 2.09 bits per heavy atom. The van der Waals surface area contributed by atoms with Gasteiger partial charge in [-0.3, -0.25) is 9.59 Å². The van der Waals surface area contributed by atoms with Crippen LogP contribution in [-0.4, -0.2) is 74.6 Å². The van der Waals surface area contributed by atoms with Crippen LogP contribution in [0.1, 0.15) is 31.4 Å². The molecular weight excluding hydrogens is 466 g/mol. The minimum atomic E-state index is -3.57. The lowest BCUT2D eigenvalue weighted by Crippen LogP contribution is -2.53. The molecule has 35 heavy (non-hydrogen) atoms. The molecule has 9 heteroatoms. The summed E-state index contributed by atoms with van der Waals surface area (Å²) in [6, 6.07) is 18.0. The average molecular weight is 504 g/mol. The summed E-state index contributed by atoms with van der Waals surface area (Å²) in [4.78, 5) is 28.3. The van der Waals surface area contributed by atoms with Crippen molar-refractivity contribution in [1.29, 1.82) is 0 Å². The molecule has 1 atom stereocenters. The van der Waals surface area contributed by atoms with E-state index in [1.165, 1.54) is 11.9 Å². The molecule has 0 saturated carbocycles. The molecule has 2 rings (SSSR count). The topological polar surface area (TPSA) is 96.0 Å². The number of sulfonamides is 1. The number of carbonyl (C=O) groups excluding carboxylic acids is 2. The predicted molar refractivity (Wildman–Crippen MR) is 137 cm³/mol. The third kappa shape index (κ3) is 10.2. The highest BCUT2D eigenvalue weighted by Gasteiger charge is 2.31. The maximum atomic E-state index is 13.4. The molecule has 192 valence electrons.